The zero-order valence-electron chi connectivity index (χ0n) is 13.4. The molecule has 1 heterocycles. The molecule has 1 aromatic carbocycles. The van der Waals surface area contributed by atoms with E-state index in [1.54, 1.807) is 17.0 Å². The van der Waals surface area contributed by atoms with Crippen molar-refractivity contribution in [1.82, 2.24) is 10.2 Å². The van der Waals surface area contributed by atoms with Gasteiger partial charge < -0.3 is 16.0 Å². The average Bonchev–Trinajstić information content (AvgIpc) is 3.01. The Morgan fingerprint density at radius 3 is 2.61 bits per heavy atom. The van der Waals surface area contributed by atoms with E-state index in [0.717, 1.165) is 12.0 Å². The molecule has 0 unspecified atom stereocenters. The predicted molar refractivity (Wildman–Crippen MR) is 86.7 cm³/mol. The largest absolute Gasteiger partial charge is 0.368 e. The highest BCUT2D eigenvalue weighted by Crippen LogP contribution is 2.18. The first-order chi connectivity index (χ1) is 11.0. The summed E-state index contributed by atoms with van der Waals surface area (Å²) in [7, 11) is 0. The van der Waals surface area contributed by atoms with Crippen LogP contribution in [-0.4, -0.2) is 41.8 Å². The van der Waals surface area contributed by atoms with Crippen LogP contribution in [0.1, 0.15) is 41.6 Å². The molecule has 124 valence electrons. The van der Waals surface area contributed by atoms with E-state index in [4.69, 9.17) is 5.73 Å². The molecule has 0 spiro atoms. The second kappa shape index (κ2) is 7.76. The molecule has 23 heavy (non-hydrogen) atoms. The maximum Gasteiger partial charge on any atom is 0.251 e. The van der Waals surface area contributed by atoms with Gasteiger partial charge in [-0.2, -0.15) is 0 Å². The molecule has 1 aliphatic heterocycles. The van der Waals surface area contributed by atoms with Gasteiger partial charge in [0.2, 0.25) is 11.8 Å². The molecule has 1 aliphatic rings. The third-order valence-corrected chi connectivity index (χ3v) is 4.07. The van der Waals surface area contributed by atoms with Gasteiger partial charge in [-0.3, -0.25) is 14.4 Å². The normalized spacial score (nSPS) is 17.1. The van der Waals surface area contributed by atoms with Crippen LogP contribution in [0.2, 0.25) is 0 Å². The lowest BCUT2D eigenvalue weighted by Crippen LogP contribution is -2.43. The summed E-state index contributed by atoms with van der Waals surface area (Å²) in [5, 5.41) is 2.80. The Morgan fingerprint density at radius 2 is 1.96 bits per heavy atom. The molecule has 3 N–H and O–H groups in total. The molecular formula is C17H23N3O3. The highest BCUT2D eigenvalue weighted by molar-refractivity contribution is 5.94. The lowest BCUT2D eigenvalue weighted by Gasteiger charge is -2.22. The van der Waals surface area contributed by atoms with Gasteiger partial charge in [-0.05, 0) is 38.3 Å². The molecule has 3 amide bonds. The summed E-state index contributed by atoms with van der Waals surface area (Å²) in [5.74, 6) is -0.659. The maximum atomic E-state index is 12.1. The number of carbonyl (C=O) groups is 3. The molecule has 0 saturated carbocycles. The first-order valence-corrected chi connectivity index (χ1v) is 7.92. The number of hydrogen-bond acceptors (Lipinski definition) is 3. The topological polar surface area (TPSA) is 92.5 Å². The van der Waals surface area contributed by atoms with Crippen LogP contribution < -0.4 is 11.1 Å². The summed E-state index contributed by atoms with van der Waals surface area (Å²) in [4.78, 5) is 36.9. The summed E-state index contributed by atoms with van der Waals surface area (Å²) in [5.41, 5.74) is 7.01. The molecule has 1 atom stereocenters. The minimum atomic E-state index is -0.468. The first kappa shape index (κ1) is 17.0. The SMILES string of the molecule is Cc1ccc(C(=O)NCCCC(=O)N2CCC[C@H]2C(N)=O)cc1. The van der Waals surface area contributed by atoms with Crippen molar-refractivity contribution >= 4 is 17.7 Å². The highest BCUT2D eigenvalue weighted by Gasteiger charge is 2.31. The van der Waals surface area contributed by atoms with Crippen LogP contribution in [0.5, 0.6) is 0 Å². The molecule has 0 bridgehead atoms. The fourth-order valence-electron chi connectivity index (χ4n) is 2.75. The average molecular weight is 317 g/mol. The molecule has 1 aromatic rings. The number of primary amides is 1. The van der Waals surface area contributed by atoms with E-state index in [0.29, 0.717) is 37.9 Å². The molecule has 1 saturated heterocycles. The van der Waals surface area contributed by atoms with Crippen LogP contribution in [0.15, 0.2) is 24.3 Å². The van der Waals surface area contributed by atoms with Crippen molar-refractivity contribution in [2.24, 2.45) is 5.73 Å². The van der Waals surface area contributed by atoms with Crippen molar-refractivity contribution in [2.45, 2.75) is 38.6 Å². The van der Waals surface area contributed by atoms with Crippen molar-refractivity contribution in [3.63, 3.8) is 0 Å². The molecule has 0 aliphatic carbocycles. The molecule has 6 heteroatoms. The number of carbonyl (C=O) groups excluding carboxylic acids is 3. The van der Waals surface area contributed by atoms with E-state index < -0.39 is 11.9 Å². The number of aryl methyl sites for hydroxylation is 1. The summed E-state index contributed by atoms with van der Waals surface area (Å²) in [6, 6.07) is 6.85. The number of nitrogens with one attached hydrogen (secondary N) is 1. The number of rotatable bonds is 6. The third-order valence-electron chi connectivity index (χ3n) is 4.07. The van der Waals surface area contributed by atoms with Gasteiger partial charge in [0.25, 0.3) is 5.91 Å². The van der Waals surface area contributed by atoms with Crippen molar-refractivity contribution < 1.29 is 14.4 Å². The van der Waals surface area contributed by atoms with Gasteiger partial charge in [-0.25, -0.2) is 0 Å². The zero-order chi connectivity index (χ0) is 16.8. The van der Waals surface area contributed by atoms with Crippen LogP contribution in [-0.2, 0) is 9.59 Å². The molecular weight excluding hydrogens is 294 g/mol. The smallest absolute Gasteiger partial charge is 0.251 e. The Morgan fingerprint density at radius 1 is 1.26 bits per heavy atom. The van der Waals surface area contributed by atoms with E-state index in [1.807, 2.05) is 19.1 Å². The minimum Gasteiger partial charge on any atom is -0.368 e. The van der Waals surface area contributed by atoms with Crippen LogP contribution in [0.3, 0.4) is 0 Å². The summed E-state index contributed by atoms with van der Waals surface area (Å²) >= 11 is 0. The van der Waals surface area contributed by atoms with Crippen LogP contribution in [0.25, 0.3) is 0 Å². The monoisotopic (exact) mass is 317 g/mol. The highest BCUT2D eigenvalue weighted by atomic mass is 16.2. The van der Waals surface area contributed by atoms with Gasteiger partial charge in [-0.15, -0.1) is 0 Å². The lowest BCUT2D eigenvalue weighted by atomic mass is 10.1. The number of hydrogen-bond donors (Lipinski definition) is 2. The summed E-state index contributed by atoms with van der Waals surface area (Å²) in [6.45, 7) is 2.97. The Kier molecular flexibility index (Phi) is 5.73. The van der Waals surface area contributed by atoms with Gasteiger partial charge >= 0.3 is 0 Å². The number of nitrogens with two attached hydrogens (primary N) is 1. The molecule has 0 aromatic heterocycles. The number of amides is 3. The van der Waals surface area contributed by atoms with Crippen LogP contribution in [0.4, 0.5) is 0 Å². The van der Waals surface area contributed by atoms with Crippen molar-refractivity contribution in [3.8, 4) is 0 Å². The number of benzene rings is 1. The van der Waals surface area contributed by atoms with E-state index in [2.05, 4.69) is 5.32 Å². The van der Waals surface area contributed by atoms with E-state index >= 15 is 0 Å². The first-order valence-electron chi connectivity index (χ1n) is 7.92. The minimum absolute atomic E-state index is 0.0733. The Bertz CT molecular complexity index is 583. The second-order valence-corrected chi connectivity index (χ2v) is 5.87. The molecule has 0 radical (unpaired) electrons. The van der Waals surface area contributed by atoms with Gasteiger partial charge in [0.1, 0.15) is 6.04 Å². The van der Waals surface area contributed by atoms with Gasteiger partial charge in [0, 0.05) is 25.1 Å². The van der Waals surface area contributed by atoms with Crippen molar-refractivity contribution in [2.75, 3.05) is 13.1 Å². The molecule has 1 fully saturated rings. The van der Waals surface area contributed by atoms with Gasteiger partial charge in [0.05, 0.1) is 0 Å². The summed E-state index contributed by atoms with van der Waals surface area (Å²) < 4.78 is 0. The summed E-state index contributed by atoms with van der Waals surface area (Å²) in [6.07, 6.45) is 2.30. The molecule has 6 nitrogen and oxygen atoms in total. The fraction of sp³-hybridized carbons (Fsp3) is 0.471. The lowest BCUT2D eigenvalue weighted by molar-refractivity contribution is -0.137. The molecule has 2 rings (SSSR count). The Hall–Kier alpha value is -2.37. The van der Waals surface area contributed by atoms with Crippen molar-refractivity contribution in [3.05, 3.63) is 35.4 Å². The van der Waals surface area contributed by atoms with E-state index in [-0.39, 0.29) is 11.8 Å². The zero-order valence-corrected chi connectivity index (χ0v) is 13.4. The van der Waals surface area contributed by atoms with Crippen molar-refractivity contribution in [1.29, 1.82) is 0 Å². The Balaban J connectivity index is 1.72. The standard InChI is InChI=1S/C17H23N3O3/c1-12-6-8-13(9-7-12)17(23)19-10-2-5-15(21)20-11-3-4-14(20)16(18)22/h6-9,14H,2-5,10-11H2,1H3,(H2,18,22)(H,19,23)/t14-/m0/s1. The Labute approximate surface area is 136 Å². The van der Waals surface area contributed by atoms with Gasteiger partial charge in [0.15, 0.2) is 0 Å². The maximum absolute atomic E-state index is 12.1. The van der Waals surface area contributed by atoms with E-state index in [9.17, 15) is 14.4 Å². The number of nitrogens with zero attached hydrogens (tertiary/aromatic N) is 1. The fourth-order valence-corrected chi connectivity index (χ4v) is 2.75. The van der Waals surface area contributed by atoms with Crippen LogP contribution >= 0.6 is 0 Å². The predicted octanol–water partition coefficient (Wildman–Crippen LogP) is 0.981. The quantitative estimate of drug-likeness (QED) is 0.766. The third kappa shape index (κ3) is 4.55. The van der Waals surface area contributed by atoms with Gasteiger partial charge in [-0.1, -0.05) is 17.7 Å². The van der Waals surface area contributed by atoms with E-state index in [1.165, 1.54) is 0 Å². The second-order valence-electron chi connectivity index (χ2n) is 5.87. The van der Waals surface area contributed by atoms with Crippen LogP contribution in [0, 0.1) is 6.92 Å². The number of likely N-dealkylation sites (tertiary alicyclic amines) is 1.